The van der Waals surface area contributed by atoms with Gasteiger partial charge in [0.1, 0.15) is 5.54 Å². The zero-order valence-corrected chi connectivity index (χ0v) is 20.1. The monoisotopic (exact) mass is 499 g/mol. The first-order valence-electron chi connectivity index (χ1n) is 11.0. The summed E-state index contributed by atoms with van der Waals surface area (Å²) < 4.78 is 27.6. The van der Waals surface area contributed by atoms with Gasteiger partial charge >= 0.3 is 0 Å². The largest absolute Gasteiger partial charge is 0.369 e. The molecule has 5 fully saturated rings. The maximum absolute atomic E-state index is 13.4. The molecule has 5 saturated carbocycles. The first-order valence-corrected chi connectivity index (χ1v) is 13.2. The van der Waals surface area contributed by atoms with Crippen molar-refractivity contribution in [3.63, 3.8) is 0 Å². The molecule has 5 aliphatic rings. The van der Waals surface area contributed by atoms with E-state index in [4.69, 9.17) is 28.9 Å². The molecule has 1 aromatic carbocycles. The Bertz CT molecular complexity index is 1090. The van der Waals surface area contributed by atoms with Crippen molar-refractivity contribution in [3.8, 4) is 0 Å². The maximum Gasteiger partial charge on any atom is 0.243 e. The van der Waals surface area contributed by atoms with Gasteiger partial charge < -0.3 is 11.1 Å². The molecule has 0 aromatic heterocycles. The Morgan fingerprint density at radius 3 is 2.25 bits per heavy atom. The maximum atomic E-state index is 13.4. The molecule has 0 heterocycles. The molecule has 0 spiro atoms. The quantitative estimate of drug-likeness (QED) is 0.626. The summed E-state index contributed by atoms with van der Waals surface area (Å²) in [5.41, 5.74) is 4.24. The van der Waals surface area contributed by atoms with E-state index in [1.807, 2.05) is 0 Å². The number of sulfonamides is 1. The molecule has 1 aromatic rings. The second-order valence-corrected chi connectivity index (χ2v) is 13.0. The minimum Gasteiger partial charge on any atom is -0.369 e. The highest BCUT2D eigenvalue weighted by Crippen LogP contribution is 2.60. The van der Waals surface area contributed by atoms with Crippen LogP contribution in [0.1, 0.15) is 44.9 Å². The lowest BCUT2D eigenvalue weighted by Crippen LogP contribution is -2.64. The third kappa shape index (κ3) is 3.29. The number of nitrogens with zero attached hydrogens (tertiary/aromatic N) is 1. The van der Waals surface area contributed by atoms with E-state index >= 15 is 0 Å². The van der Waals surface area contributed by atoms with Crippen molar-refractivity contribution in [2.24, 2.45) is 28.9 Å². The van der Waals surface area contributed by atoms with Crippen molar-refractivity contribution < 1.29 is 18.0 Å². The number of hydrogen-bond donors (Lipinski definition) is 2. The van der Waals surface area contributed by atoms with E-state index in [2.05, 4.69) is 5.32 Å². The van der Waals surface area contributed by atoms with Crippen molar-refractivity contribution in [1.29, 1.82) is 0 Å². The highest BCUT2D eigenvalue weighted by molar-refractivity contribution is 7.89. The van der Waals surface area contributed by atoms with E-state index in [0.29, 0.717) is 31.6 Å². The highest BCUT2D eigenvalue weighted by atomic mass is 35.5. The third-order valence-corrected chi connectivity index (χ3v) is 11.1. The van der Waals surface area contributed by atoms with Crippen molar-refractivity contribution in [1.82, 2.24) is 9.62 Å². The number of benzene rings is 1. The minimum atomic E-state index is -3.93. The number of halogens is 2. The van der Waals surface area contributed by atoms with Gasteiger partial charge in [0.15, 0.2) is 0 Å². The molecule has 4 bridgehead atoms. The number of nitrogens with one attached hydrogen (secondary N) is 1. The van der Waals surface area contributed by atoms with Crippen LogP contribution in [0.3, 0.4) is 0 Å². The van der Waals surface area contributed by atoms with Gasteiger partial charge in [0, 0.05) is 18.5 Å². The summed E-state index contributed by atoms with van der Waals surface area (Å²) in [5.74, 6) is 0.443. The summed E-state index contributed by atoms with van der Waals surface area (Å²) >= 11 is 11.9. The van der Waals surface area contributed by atoms with Gasteiger partial charge in [0.2, 0.25) is 21.8 Å². The Kier molecular flexibility index (Phi) is 5.14. The minimum absolute atomic E-state index is 0.00602. The van der Waals surface area contributed by atoms with Crippen LogP contribution >= 0.6 is 23.2 Å². The fourth-order valence-electron chi connectivity index (χ4n) is 6.68. The first-order chi connectivity index (χ1) is 15.0. The predicted molar refractivity (Wildman–Crippen MR) is 120 cm³/mol. The first kappa shape index (κ1) is 22.4. The van der Waals surface area contributed by atoms with E-state index in [1.54, 1.807) is 0 Å². The lowest BCUT2D eigenvalue weighted by molar-refractivity contribution is -0.148. The van der Waals surface area contributed by atoms with E-state index in [1.165, 1.54) is 29.6 Å². The number of likely N-dealkylation sites (N-methyl/N-ethyl adjacent to an activating group) is 1. The number of primary amides is 1. The zero-order chi connectivity index (χ0) is 23.1. The van der Waals surface area contributed by atoms with Gasteiger partial charge in [-0.3, -0.25) is 9.59 Å². The van der Waals surface area contributed by atoms with Crippen LogP contribution < -0.4 is 11.1 Å². The second-order valence-electron chi connectivity index (χ2n) is 10.2. The summed E-state index contributed by atoms with van der Waals surface area (Å²) in [6.07, 6.45) is 5.19. The summed E-state index contributed by atoms with van der Waals surface area (Å²) in [4.78, 5) is 25.6. The predicted octanol–water partition coefficient (Wildman–Crippen LogP) is 2.94. The van der Waals surface area contributed by atoms with Gasteiger partial charge in [-0.15, -0.1) is 0 Å². The van der Waals surface area contributed by atoms with Crippen molar-refractivity contribution in [2.45, 2.75) is 61.4 Å². The molecular weight excluding hydrogens is 473 g/mol. The molecule has 5 aliphatic carbocycles. The molecule has 6 rings (SSSR count). The van der Waals surface area contributed by atoms with Crippen molar-refractivity contribution in [2.75, 3.05) is 7.05 Å². The molecule has 32 heavy (non-hydrogen) atoms. The van der Waals surface area contributed by atoms with Crippen LogP contribution in [-0.4, -0.2) is 43.2 Å². The van der Waals surface area contributed by atoms with Crippen molar-refractivity contribution in [3.05, 3.63) is 28.2 Å². The normalized spacial score (nSPS) is 34.5. The number of amides is 2. The van der Waals surface area contributed by atoms with E-state index < -0.39 is 21.0 Å². The van der Waals surface area contributed by atoms with E-state index in [9.17, 15) is 18.0 Å². The Balaban J connectivity index is 1.35. The Hall–Kier alpha value is -1.35. The van der Waals surface area contributed by atoms with Gasteiger partial charge in [-0.25, -0.2) is 8.42 Å². The van der Waals surface area contributed by atoms with E-state index in [-0.39, 0.29) is 44.6 Å². The molecule has 3 N–H and O–H groups in total. The Morgan fingerprint density at radius 2 is 1.72 bits per heavy atom. The lowest BCUT2D eigenvalue weighted by Gasteiger charge is -2.59. The summed E-state index contributed by atoms with van der Waals surface area (Å²) in [6, 6.07) is 4.11. The topological polar surface area (TPSA) is 110 Å². The molecule has 0 radical (unpaired) electrons. The molecule has 2 atom stereocenters. The van der Waals surface area contributed by atoms with Gasteiger partial charge in [-0.1, -0.05) is 23.2 Å². The van der Waals surface area contributed by atoms with Crippen LogP contribution in [0, 0.1) is 23.2 Å². The second kappa shape index (κ2) is 7.32. The standard InChI is InChI=1S/C22H27Cl2N3O4S/c1-27(32(30,31)15-2-3-16(23)17(24)8-15)22(4-5-22)20(29)26-18-13-6-12-7-14(18)11-21(9-12,10-13)19(25)28/h2-3,8,12-14,18H,4-7,9-11H2,1H3,(H2,25,28)(H,26,29). The fraction of sp³-hybridized carbons (Fsp3) is 0.636. The lowest BCUT2D eigenvalue weighted by atomic mass is 9.47. The summed E-state index contributed by atoms with van der Waals surface area (Å²) in [5, 5.41) is 3.61. The van der Waals surface area contributed by atoms with Gasteiger partial charge in [0.25, 0.3) is 0 Å². The Morgan fingerprint density at radius 1 is 1.09 bits per heavy atom. The number of nitrogens with two attached hydrogens (primary N) is 1. The number of hydrogen-bond acceptors (Lipinski definition) is 4. The average molecular weight is 500 g/mol. The molecule has 10 heteroatoms. The molecule has 0 aliphatic heterocycles. The molecule has 2 unspecified atom stereocenters. The van der Waals surface area contributed by atoms with Gasteiger partial charge in [-0.2, -0.15) is 4.31 Å². The fourth-order valence-corrected chi connectivity index (χ4v) is 8.59. The Labute approximate surface area is 198 Å². The summed E-state index contributed by atoms with van der Waals surface area (Å²) in [7, 11) is -2.48. The van der Waals surface area contributed by atoms with E-state index in [0.717, 1.165) is 19.3 Å². The number of carbonyl (C=O) groups is 2. The zero-order valence-electron chi connectivity index (χ0n) is 17.8. The van der Waals surface area contributed by atoms with Crippen LogP contribution in [0.15, 0.2) is 23.1 Å². The smallest absolute Gasteiger partial charge is 0.243 e. The molecule has 0 saturated heterocycles. The molecule has 2 amide bonds. The number of carbonyl (C=O) groups excluding carboxylic acids is 2. The van der Waals surface area contributed by atoms with Crippen molar-refractivity contribution >= 4 is 45.0 Å². The molecule has 174 valence electrons. The summed E-state index contributed by atoms with van der Waals surface area (Å²) in [6.45, 7) is 0. The molecule has 7 nitrogen and oxygen atoms in total. The SMILES string of the molecule is CN(C1(C(=O)NC2C3CC4CC2CC(C(N)=O)(C4)C3)CC1)S(=O)(=O)c1ccc(Cl)c(Cl)c1. The highest BCUT2D eigenvalue weighted by Gasteiger charge is 2.61. The van der Waals surface area contributed by atoms with Crippen LogP contribution in [0.25, 0.3) is 0 Å². The van der Waals surface area contributed by atoms with Gasteiger partial charge in [-0.05, 0) is 80.9 Å². The van der Waals surface area contributed by atoms with Crippen LogP contribution in [0.5, 0.6) is 0 Å². The third-order valence-electron chi connectivity index (χ3n) is 8.39. The van der Waals surface area contributed by atoms with Crippen LogP contribution in [0.2, 0.25) is 10.0 Å². The average Bonchev–Trinajstić information content (AvgIpc) is 3.53. The van der Waals surface area contributed by atoms with Crippen LogP contribution in [-0.2, 0) is 19.6 Å². The van der Waals surface area contributed by atoms with Crippen LogP contribution in [0.4, 0.5) is 0 Å². The van der Waals surface area contributed by atoms with Gasteiger partial charge in [0.05, 0.1) is 14.9 Å². The molecular formula is C22H27Cl2N3O4S. The number of rotatable bonds is 6.